The van der Waals surface area contributed by atoms with Crippen molar-refractivity contribution in [3.63, 3.8) is 0 Å². The normalized spacial score (nSPS) is 14.6. The number of carbonyl (C=O) groups excluding carboxylic acids is 2. The molecular weight excluding hydrogens is 377 g/mol. The summed E-state index contributed by atoms with van der Waals surface area (Å²) in [5, 5.41) is 0.0888. The van der Waals surface area contributed by atoms with Crippen LogP contribution in [0.2, 0.25) is 0 Å². The molecule has 1 aliphatic heterocycles. The largest absolute Gasteiger partial charge is 0.491 e. The van der Waals surface area contributed by atoms with E-state index in [0.29, 0.717) is 21.8 Å². The minimum Gasteiger partial charge on any atom is -0.491 e. The average molecular weight is 399 g/mol. The molecule has 28 heavy (non-hydrogen) atoms. The van der Waals surface area contributed by atoms with Crippen molar-refractivity contribution in [3.05, 3.63) is 64.8 Å². The third-order valence-corrected chi connectivity index (χ3v) is 5.09. The molecule has 1 heterocycles. The van der Waals surface area contributed by atoms with Gasteiger partial charge in [0, 0.05) is 5.25 Å². The number of ether oxygens (including phenoxy) is 1. The first-order valence-electron chi connectivity index (χ1n) is 9.11. The summed E-state index contributed by atoms with van der Waals surface area (Å²) in [6.45, 7) is 7.75. The van der Waals surface area contributed by atoms with Crippen LogP contribution in [-0.4, -0.2) is 23.2 Å². The molecule has 0 aromatic heterocycles. The molecule has 0 radical (unpaired) electrons. The average Bonchev–Trinajstić information content (AvgIpc) is 2.86. The van der Waals surface area contributed by atoms with Crippen molar-refractivity contribution in [3.8, 4) is 5.75 Å². The monoisotopic (exact) mass is 399 g/mol. The van der Waals surface area contributed by atoms with Crippen LogP contribution in [0, 0.1) is 5.82 Å². The van der Waals surface area contributed by atoms with Crippen LogP contribution >= 0.6 is 11.8 Å². The van der Waals surface area contributed by atoms with Gasteiger partial charge in [-0.3, -0.25) is 9.59 Å². The van der Waals surface area contributed by atoms with Crippen molar-refractivity contribution < 1.29 is 18.7 Å². The van der Waals surface area contributed by atoms with E-state index in [4.69, 9.17) is 4.74 Å². The molecule has 0 spiro atoms. The Morgan fingerprint density at radius 1 is 0.929 bits per heavy atom. The van der Waals surface area contributed by atoms with Crippen molar-refractivity contribution in [2.24, 2.45) is 0 Å². The van der Waals surface area contributed by atoms with Gasteiger partial charge in [-0.15, -0.1) is 11.8 Å². The highest BCUT2D eigenvalue weighted by Crippen LogP contribution is 2.40. The first-order valence-corrected chi connectivity index (χ1v) is 9.99. The molecule has 3 rings (SSSR count). The van der Waals surface area contributed by atoms with Gasteiger partial charge in [0.1, 0.15) is 11.6 Å². The molecule has 0 atom stereocenters. The fourth-order valence-corrected chi connectivity index (χ4v) is 3.92. The van der Waals surface area contributed by atoms with E-state index >= 15 is 0 Å². The number of imide groups is 1. The van der Waals surface area contributed by atoms with Gasteiger partial charge in [0.05, 0.1) is 22.3 Å². The Balaban J connectivity index is 2.05. The van der Waals surface area contributed by atoms with Crippen LogP contribution in [0.4, 0.5) is 10.1 Å². The number of anilines is 1. The maximum Gasteiger partial charge on any atom is 0.272 e. The van der Waals surface area contributed by atoms with Gasteiger partial charge in [0.15, 0.2) is 0 Å². The minimum atomic E-state index is -0.611. The number of para-hydroxylation sites is 1. The second kappa shape index (κ2) is 8.19. The number of nitrogens with zero attached hydrogens (tertiary/aromatic N) is 1. The van der Waals surface area contributed by atoms with Crippen LogP contribution < -0.4 is 9.64 Å². The van der Waals surface area contributed by atoms with Gasteiger partial charge >= 0.3 is 0 Å². The second-order valence-corrected chi connectivity index (χ2v) is 8.55. The van der Waals surface area contributed by atoms with Crippen LogP contribution in [0.5, 0.6) is 5.75 Å². The van der Waals surface area contributed by atoms with E-state index in [1.54, 1.807) is 30.3 Å². The predicted molar refractivity (Wildman–Crippen MR) is 111 cm³/mol. The Morgan fingerprint density at radius 3 is 2.14 bits per heavy atom. The van der Waals surface area contributed by atoms with Crippen molar-refractivity contribution in [1.82, 2.24) is 0 Å². The first kappa shape index (κ1) is 20.1. The molecule has 0 unspecified atom stereocenters. The number of amides is 2. The first-order chi connectivity index (χ1) is 13.3. The SMILES string of the molecule is CC(C)Oc1ccc(C2=C(SC(C)C)C(=O)N(c3ccccc3F)C2=O)cc1. The van der Waals surface area contributed by atoms with Crippen molar-refractivity contribution in [1.29, 1.82) is 0 Å². The summed E-state index contributed by atoms with van der Waals surface area (Å²) in [6, 6.07) is 12.8. The lowest BCUT2D eigenvalue weighted by Gasteiger charge is -2.16. The molecule has 146 valence electrons. The third-order valence-electron chi connectivity index (χ3n) is 4.00. The van der Waals surface area contributed by atoms with Gasteiger partial charge in [-0.25, -0.2) is 9.29 Å². The van der Waals surface area contributed by atoms with Gasteiger partial charge in [0.25, 0.3) is 11.8 Å². The van der Waals surface area contributed by atoms with E-state index in [2.05, 4.69) is 0 Å². The van der Waals surface area contributed by atoms with Gasteiger partial charge < -0.3 is 4.74 Å². The summed E-state index contributed by atoms with van der Waals surface area (Å²) in [5.41, 5.74) is 0.869. The van der Waals surface area contributed by atoms with Crippen molar-refractivity contribution in [2.75, 3.05) is 4.90 Å². The number of hydrogen-bond acceptors (Lipinski definition) is 4. The zero-order valence-corrected chi connectivity index (χ0v) is 17.0. The minimum absolute atomic E-state index is 0.0309. The Kier molecular flexibility index (Phi) is 5.89. The Labute approximate surface area is 168 Å². The number of rotatable bonds is 6. The molecule has 2 aromatic carbocycles. The van der Waals surface area contributed by atoms with E-state index in [9.17, 15) is 14.0 Å². The molecule has 0 N–H and O–H groups in total. The summed E-state index contributed by atoms with van der Waals surface area (Å²) >= 11 is 1.31. The molecule has 0 bridgehead atoms. The highest BCUT2D eigenvalue weighted by atomic mass is 32.2. The highest BCUT2D eigenvalue weighted by Gasteiger charge is 2.41. The lowest BCUT2D eigenvalue weighted by molar-refractivity contribution is -0.119. The van der Waals surface area contributed by atoms with E-state index in [0.717, 1.165) is 4.90 Å². The Bertz CT molecular complexity index is 935. The highest BCUT2D eigenvalue weighted by molar-refractivity contribution is 8.04. The van der Waals surface area contributed by atoms with Crippen LogP contribution in [0.3, 0.4) is 0 Å². The van der Waals surface area contributed by atoms with E-state index < -0.39 is 17.6 Å². The molecule has 0 saturated heterocycles. The summed E-state index contributed by atoms with van der Waals surface area (Å²) < 4.78 is 19.9. The van der Waals surface area contributed by atoms with Gasteiger partial charge in [-0.2, -0.15) is 0 Å². The molecule has 6 heteroatoms. The quantitative estimate of drug-likeness (QED) is 0.639. The molecule has 0 saturated carbocycles. The van der Waals surface area contributed by atoms with Crippen LogP contribution in [0.25, 0.3) is 5.57 Å². The third kappa shape index (κ3) is 3.97. The van der Waals surface area contributed by atoms with Crippen LogP contribution in [0.15, 0.2) is 53.4 Å². The zero-order chi connectivity index (χ0) is 20.4. The number of thioether (sulfide) groups is 1. The van der Waals surface area contributed by atoms with E-state index in [1.165, 1.54) is 30.0 Å². The van der Waals surface area contributed by atoms with Crippen LogP contribution in [0.1, 0.15) is 33.3 Å². The zero-order valence-electron chi connectivity index (χ0n) is 16.2. The van der Waals surface area contributed by atoms with Gasteiger partial charge in [-0.1, -0.05) is 38.1 Å². The predicted octanol–water partition coefficient (Wildman–Crippen LogP) is 5.04. The smallest absolute Gasteiger partial charge is 0.272 e. The lowest BCUT2D eigenvalue weighted by atomic mass is 10.1. The number of benzene rings is 2. The van der Waals surface area contributed by atoms with Crippen molar-refractivity contribution in [2.45, 2.75) is 39.0 Å². The second-order valence-electron chi connectivity index (χ2n) is 6.96. The number of hydrogen-bond donors (Lipinski definition) is 0. The number of carbonyl (C=O) groups is 2. The topological polar surface area (TPSA) is 46.6 Å². The molecule has 2 amide bonds. The summed E-state index contributed by atoms with van der Waals surface area (Å²) in [5.74, 6) is -0.942. The molecule has 4 nitrogen and oxygen atoms in total. The molecule has 2 aromatic rings. The summed E-state index contributed by atoms with van der Waals surface area (Å²) in [6.07, 6.45) is 0.0309. The summed E-state index contributed by atoms with van der Waals surface area (Å²) in [7, 11) is 0. The number of halogens is 1. The lowest BCUT2D eigenvalue weighted by Crippen LogP contribution is -2.32. The van der Waals surface area contributed by atoms with Crippen LogP contribution in [-0.2, 0) is 9.59 Å². The molecule has 0 fully saturated rings. The molecule has 0 aliphatic carbocycles. The fraction of sp³-hybridized carbons (Fsp3) is 0.273. The fourth-order valence-electron chi connectivity index (χ4n) is 2.93. The van der Waals surface area contributed by atoms with Gasteiger partial charge in [0.2, 0.25) is 0 Å². The van der Waals surface area contributed by atoms with E-state index in [1.807, 2.05) is 27.7 Å². The van der Waals surface area contributed by atoms with Gasteiger partial charge in [-0.05, 0) is 43.7 Å². The Hall–Kier alpha value is -2.60. The Morgan fingerprint density at radius 2 is 1.57 bits per heavy atom. The maximum absolute atomic E-state index is 14.3. The summed E-state index contributed by atoms with van der Waals surface area (Å²) in [4.78, 5) is 27.5. The maximum atomic E-state index is 14.3. The van der Waals surface area contributed by atoms with E-state index in [-0.39, 0.29) is 17.0 Å². The molecule has 1 aliphatic rings. The molecular formula is C22H22FNO3S. The standard InChI is InChI=1S/C22H22FNO3S/c1-13(2)27-16-11-9-15(10-12-16)19-20(28-14(3)4)22(26)24(21(19)25)18-8-6-5-7-17(18)23/h5-14H,1-4H3. The van der Waals surface area contributed by atoms with Crippen molar-refractivity contribution >= 4 is 34.8 Å².